The molecule has 6 rings (SSSR count). The fraction of sp³-hybridized carbons (Fsp3) is 0.900. The molecule has 1 heterocycles. The molecule has 0 saturated heterocycles. The minimum Gasteiger partial charge on any atom is -0.450 e. The van der Waals surface area contributed by atoms with Crippen molar-refractivity contribution in [3.63, 3.8) is 0 Å². The fourth-order valence-electron chi connectivity index (χ4n) is 11.4. The van der Waals surface area contributed by atoms with Crippen molar-refractivity contribution in [1.29, 1.82) is 0 Å². The molecule has 2 nitrogen and oxygen atoms in total. The summed E-state index contributed by atoms with van der Waals surface area (Å²) in [6.45, 7) is 19.9. The Morgan fingerprint density at radius 1 is 0.812 bits per heavy atom. The van der Waals surface area contributed by atoms with E-state index in [1.165, 1.54) is 51.4 Å². The van der Waals surface area contributed by atoms with E-state index in [0.717, 1.165) is 35.2 Å². The third-order valence-electron chi connectivity index (χ3n) is 13.4. The highest BCUT2D eigenvalue weighted by Gasteiger charge is 2.74. The first-order chi connectivity index (χ1) is 14.8. The van der Waals surface area contributed by atoms with Crippen LogP contribution in [0.3, 0.4) is 0 Å². The third kappa shape index (κ3) is 2.23. The Hall–Kier alpha value is -0.790. The monoisotopic (exact) mass is 438 g/mol. The summed E-state index contributed by atoms with van der Waals surface area (Å²) in [7, 11) is 0. The molecule has 6 aliphatic rings. The first kappa shape index (κ1) is 21.7. The summed E-state index contributed by atoms with van der Waals surface area (Å²) in [6.07, 6.45) is 10.9. The number of carbonyl (C=O) groups excluding carboxylic acids is 1. The van der Waals surface area contributed by atoms with Gasteiger partial charge in [0.1, 0.15) is 0 Å². The van der Waals surface area contributed by atoms with Crippen LogP contribution in [0, 0.1) is 62.6 Å². The highest BCUT2D eigenvalue weighted by atomic mass is 16.6. The molecule has 4 fully saturated rings. The Kier molecular flexibility index (Phi) is 4.12. The molecule has 0 aromatic heterocycles. The number of hydrogen-bond acceptors (Lipinski definition) is 2. The van der Waals surface area contributed by atoms with E-state index in [2.05, 4.69) is 55.4 Å². The van der Waals surface area contributed by atoms with Crippen molar-refractivity contribution in [3.05, 3.63) is 11.5 Å². The van der Waals surface area contributed by atoms with E-state index in [-0.39, 0.29) is 16.6 Å². The van der Waals surface area contributed by atoms with Gasteiger partial charge in [-0.05, 0) is 103 Å². The largest absolute Gasteiger partial charge is 0.450 e. The molecular formula is C30H46O2. The predicted molar refractivity (Wildman–Crippen MR) is 129 cm³/mol. The first-order valence-electron chi connectivity index (χ1n) is 13.8. The average molecular weight is 439 g/mol. The van der Waals surface area contributed by atoms with E-state index in [9.17, 15) is 4.79 Å². The molecule has 0 radical (unpaired) electrons. The Labute approximate surface area is 196 Å². The minimum atomic E-state index is -0.289. The summed E-state index contributed by atoms with van der Waals surface area (Å²) in [5, 5.41) is 0. The highest BCUT2D eigenvalue weighted by molar-refractivity contribution is 6.02. The predicted octanol–water partition coefficient (Wildman–Crippen LogP) is 7.77. The molecule has 5 aliphatic carbocycles. The molecule has 0 amide bonds. The van der Waals surface area contributed by atoms with Gasteiger partial charge in [0.2, 0.25) is 11.5 Å². The zero-order valence-corrected chi connectivity index (χ0v) is 21.9. The normalized spacial score (nSPS) is 55.4. The zero-order valence-electron chi connectivity index (χ0n) is 21.9. The van der Waals surface area contributed by atoms with Crippen molar-refractivity contribution in [2.45, 2.75) is 107 Å². The van der Waals surface area contributed by atoms with Crippen LogP contribution in [0.15, 0.2) is 11.5 Å². The van der Waals surface area contributed by atoms with Crippen LogP contribution in [0.4, 0.5) is 0 Å². The zero-order chi connectivity index (χ0) is 23.1. The van der Waals surface area contributed by atoms with E-state index >= 15 is 0 Å². The molecule has 0 aromatic carbocycles. The van der Waals surface area contributed by atoms with Gasteiger partial charge >= 0.3 is 0 Å². The molecule has 0 unspecified atom stereocenters. The number of hydrogen-bond donors (Lipinski definition) is 0. The molecule has 0 N–H and O–H groups in total. The van der Waals surface area contributed by atoms with Gasteiger partial charge in [0, 0.05) is 10.8 Å². The van der Waals surface area contributed by atoms with Gasteiger partial charge in [0.25, 0.3) is 0 Å². The van der Waals surface area contributed by atoms with Crippen LogP contribution in [-0.2, 0) is 9.53 Å². The Morgan fingerprint density at radius 3 is 2.22 bits per heavy atom. The number of rotatable bonds is 1. The van der Waals surface area contributed by atoms with Gasteiger partial charge in [-0.2, -0.15) is 0 Å². The fourth-order valence-corrected chi connectivity index (χ4v) is 11.4. The van der Waals surface area contributed by atoms with Crippen molar-refractivity contribution in [2.75, 3.05) is 0 Å². The summed E-state index contributed by atoms with van der Waals surface area (Å²) in [5.41, 5.74) is 1.07. The van der Waals surface area contributed by atoms with Gasteiger partial charge in [0.05, 0.1) is 0 Å². The molecule has 32 heavy (non-hydrogen) atoms. The molecule has 4 saturated carbocycles. The minimum absolute atomic E-state index is 0.0433. The quantitative estimate of drug-likeness (QED) is 0.418. The first-order valence-corrected chi connectivity index (χ1v) is 13.8. The summed E-state index contributed by atoms with van der Waals surface area (Å²) in [5.74, 6) is 6.67. The topological polar surface area (TPSA) is 29.6 Å². The maximum absolute atomic E-state index is 13.1. The van der Waals surface area contributed by atoms with Gasteiger partial charge in [-0.1, -0.05) is 55.4 Å². The second kappa shape index (κ2) is 6.06. The second-order valence-corrected chi connectivity index (χ2v) is 14.9. The van der Waals surface area contributed by atoms with E-state index in [4.69, 9.17) is 4.74 Å². The highest BCUT2D eigenvalue weighted by Crippen LogP contribution is 2.79. The van der Waals surface area contributed by atoms with Crippen molar-refractivity contribution >= 4 is 5.78 Å². The molecule has 178 valence electrons. The third-order valence-corrected chi connectivity index (χ3v) is 13.4. The lowest BCUT2D eigenvalue weighted by atomic mass is 9.33. The number of ether oxygens (including phenoxy) is 1. The van der Waals surface area contributed by atoms with Crippen LogP contribution in [-0.4, -0.2) is 5.78 Å². The van der Waals surface area contributed by atoms with Gasteiger partial charge in [-0.25, -0.2) is 0 Å². The molecule has 2 heteroatoms. The Bertz CT molecular complexity index is 912. The van der Waals surface area contributed by atoms with E-state index in [1.54, 1.807) is 0 Å². The van der Waals surface area contributed by atoms with Gasteiger partial charge in [-0.3, -0.25) is 4.79 Å². The average Bonchev–Trinajstić information content (AvgIpc) is 3.44. The van der Waals surface area contributed by atoms with Crippen molar-refractivity contribution in [1.82, 2.24) is 0 Å². The van der Waals surface area contributed by atoms with Crippen LogP contribution in [0.2, 0.25) is 0 Å². The smallest absolute Gasteiger partial charge is 0.209 e. The van der Waals surface area contributed by atoms with E-state index < -0.39 is 0 Å². The Balaban J connectivity index is 1.44. The summed E-state index contributed by atoms with van der Waals surface area (Å²) in [4.78, 5) is 13.1. The van der Waals surface area contributed by atoms with Crippen LogP contribution in [0.5, 0.6) is 0 Å². The lowest BCUT2D eigenvalue weighted by Crippen LogP contribution is -2.65. The number of Topliss-reactive ketones (excluding diaryl/α,β-unsaturated/α-hetero) is 1. The van der Waals surface area contributed by atoms with E-state index in [1.807, 2.05) is 0 Å². The van der Waals surface area contributed by atoms with Crippen LogP contribution >= 0.6 is 0 Å². The molecule has 9 atom stereocenters. The maximum Gasteiger partial charge on any atom is 0.209 e. The SMILES string of the molecule is CC(C)[C@@H]1CC[C@]2(C)CC[C@]3(C)[C@H](CC[C@@H]4[C@@]5(C)C6=C(O6)C(=O)C(C)(C)[C@@H]5CC[C@]43C)[C@@H]12. The summed E-state index contributed by atoms with van der Waals surface area (Å²) >= 11 is 0. The number of carbonyl (C=O) groups is 1. The van der Waals surface area contributed by atoms with Crippen molar-refractivity contribution in [2.24, 2.45) is 62.6 Å². The molecule has 0 spiro atoms. The molecule has 1 aliphatic heterocycles. The Morgan fingerprint density at radius 2 is 1.53 bits per heavy atom. The summed E-state index contributed by atoms with van der Waals surface area (Å²) < 4.78 is 6.08. The van der Waals surface area contributed by atoms with Crippen LogP contribution < -0.4 is 0 Å². The second-order valence-electron chi connectivity index (χ2n) is 14.9. The summed E-state index contributed by atoms with van der Waals surface area (Å²) in [6, 6.07) is 0. The molecular weight excluding hydrogens is 392 g/mol. The number of fused-ring (bicyclic) bond motifs is 8. The number of ketones is 1. The van der Waals surface area contributed by atoms with Gasteiger partial charge in [-0.15, -0.1) is 0 Å². The lowest BCUT2D eigenvalue weighted by molar-refractivity contribution is -0.221. The number of allylic oxidation sites excluding steroid dienone is 2. The van der Waals surface area contributed by atoms with Crippen molar-refractivity contribution in [3.8, 4) is 0 Å². The standard InChI is InChI=1S/C30H46O2/c1-17(2)18-11-13-27(5)15-16-28(6)19(22(18)27)9-10-21-29(28,7)14-12-20-26(3,4)24(31)23-25(32-23)30(20,21)8/h17-22H,9-16H2,1-8H3/t18-,19+,20-,21-,22+,27+,28+,29+,30-/m0/s1. The lowest BCUT2D eigenvalue weighted by Gasteiger charge is -2.71. The molecule has 0 bridgehead atoms. The van der Waals surface area contributed by atoms with E-state index in [0.29, 0.717) is 28.1 Å². The van der Waals surface area contributed by atoms with Crippen LogP contribution in [0.1, 0.15) is 107 Å². The maximum atomic E-state index is 13.1. The molecule has 0 aromatic rings. The van der Waals surface area contributed by atoms with Gasteiger partial charge in [0.15, 0.2) is 5.76 Å². The van der Waals surface area contributed by atoms with Crippen LogP contribution in [0.25, 0.3) is 0 Å². The van der Waals surface area contributed by atoms with Gasteiger partial charge < -0.3 is 4.74 Å². The van der Waals surface area contributed by atoms with Crippen molar-refractivity contribution < 1.29 is 9.53 Å².